The minimum absolute atomic E-state index is 0.693. The lowest BCUT2D eigenvalue weighted by Crippen LogP contribution is -2.07. The molecule has 0 aromatic carbocycles. The maximum absolute atomic E-state index is 5.68. The maximum Gasteiger partial charge on any atom is 0.109 e. The Morgan fingerprint density at radius 3 is 2.56 bits per heavy atom. The van der Waals surface area contributed by atoms with Crippen molar-refractivity contribution in [3.63, 3.8) is 0 Å². The summed E-state index contributed by atoms with van der Waals surface area (Å²) in [5.41, 5.74) is 6.76. The molecule has 18 heavy (non-hydrogen) atoms. The number of rotatable bonds is 2. The molecule has 0 amide bonds. The Morgan fingerprint density at radius 2 is 2.00 bits per heavy atom. The van der Waals surface area contributed by atoms with Crippen molar-refractivity contribution in [1.82, 2.24) is 4.98 Å². The molecule has 94 valence electrons. The first-order valence-corrected chi connectivity index (χ1v) is 6.13. The first-order valence-electron chi connectivity index (χ1n) is 6.13. The van der Waals surface area contributed by atoms with Gasteiger partial charge in [-0.2, -0.15) is 0 Å². The van der Waals surface area contributed by atoms with Crippen molar-refractivity contribution in [2.75, 3.05) is 6.61 Å². The van der Waals surface area contributed by atoms with Crippen LogP contribution in [0, 0.1) is 0 Å². The van der Waals surface area contributed by atoms with Crippen LogP contribution in [0.5, 0.6) is 0 Å². The molecule has 0 aliphatic carbocycles. The second kappa shape index (κ2) is 4.81. The predicted octanol–water partition coefficient (Wildman–Crippen LogP) is 4.21. The predicted molar refractivity (Wildman–Crippen MR) is 75.9 cm³/mol. The highest BCUT2D eigenvalue weighted by molar-refractivity contribution is 5.81. The molecule has 2 heterocycles. The van der Waals surface area contributed by atoms with Crippen LogP contribution in [-0.4, -0.2) is 11.6 Å². The molecule has 2 heteroatoms. The lowest BCUT2D eigenvalue weighted by atomic mass is 9.94. The number of hydrogen-bond donors (Lipinski definition) is 0. The summed E-state index contributed by atoms with van der Waals surface area (Å²) in [5, 5.41) is 0. The monoisotopic (exact) mass is 241 g/mol. The van der Waals surface area contributed by atoms with Crippen LogP contribution >= 0.6 is 0 Å². The van der Waals surface area contributed by atoms with Crippen molar-refractivity contribution in [3.05, 3.63) is 53.1 Å². The third-order valence-corrected chi connectivity index (χ3v) is 3.36. The Labute approximate surface area is 109 Å². The molecule has 0 fully saturated rings. The Morgan fingerprint density at radius 1 is 1.28 bits per heavy atom. The standard InChI is InChI=1S/C16H19NO/c1-10(2)15-7-6-14(8-17-15)16-12(4)11(3)9-18-13(16)5/h6-8H,1,9H2,2-5H3. The van der Waals surface area contributed by atoms with Crippen molar-refractivity contribution in [2.45, 2.75) is 27.7 Å². The SMILES string of the molecule is C=C(C)c1ccc(C2=C(C)OCC(C)=C2C)cn1. The second-order valence-corrected chi connectivity index (χ2v) is 4.84. The number of ether oxygens (including phenoxy) is 1. The third-order valence-electron chi connectivity index (χ3n) is 3.36. The fourth-order valence-electron chi connectivity index (χ4n) is 2.09. The number of aromatic nitrogens is 1. The van der Waals surface area contributed by atoms with Gasteiger partial charge in [0.1, 0.15) is 12.4 Å². The smallest absolute Gasteiger partial charge is 0.109 e. The van der Waals surface area contributed by atoms with E-state index in [1.54, 1.807) is 0 Å². The first kappa shape index (κ1) is 12.6. The molecule has 0 N–H and O–H groups in total. The molecule has 0 atom stereocenters. The molecular formula is C16H19NO. The number of nitrogens with zero attached hydrogens (tertiary/aromatic N) is 1. The Hall–Kier alpha value is -1.83. The summed E-state index contributed by atoms with van der Waals surface area (Å²) in [6.45, 7) is 12.8. The van der Waals surface area contributed by atoms with E-state index in [-0.39, 0.29) is 0 Å². The molecule has 1 aliphatic heterocycles. The minimum atomic E-state index is 0.693. The largest absolute Gasteiger partial charge is 0.493 e. The van der Waals surface area contributed by atoms with E-state index < -0.39 is 0 Å². The fourth-order valence-corrected chi connectivity index (χ4v) is 2.09. The van der Waals surface area contributed by atoms with E-state index >= 15 is 0 Å². The average Bonchev–Trinajstić information content (AvgIpc) is 2.35. The van der Waals surface area contributed by atoms with Gasteiger partial charge in [-0.05, 0) is 50.5 Å². The summed E-state index contributed by atoms with van der Waals surface area (Å²) in [4.78, 5) is 4.44. The summed E-state index contributed by atoms with van der Waals surface area (Å²) in [7, 11) is 0. The van der Waals surface area contributed by atoms with E-state index in [1.165, 1.54) is 16.7 Å². The van der Waals surface area contributed by atoms with Gasteiger partial charge in [0.25, 0.3) is 0 Å². The van der Waals surface area contributed by atoms with Crippen molar-refractivity contribution in [3.8, 4) is 0 Å². The van der Waals surface area contributed by atoms with Crippen LogP contribution in [-0.2, 0) is 4.74 Å². The van der Waals surface area contributed by atoms with Crippen LogP contribution < -0.4 is 0 Å². The molecule has 2 rings (SSSR count). The van der Waals surface area contributed by atoms with Crippen LogP contribution in [0.2, 0.25) is 0 Å². The van der Waals surface area contributed by atoms with Crippen LogP contribution in [0.25, 0.3) is 11.1 Å². The highest BCUT2D eigenvalue weighted by Gasteiger charge is 2.17. The van der Waals surface area contributed by atoms with E-state index in [9.17, 15) is 0 Å². The van der Waals surface area contributed by atoms with Gasteiger partial charge >= 0.3 is 0 Å². The van der Waals surface area contributed by atoms with E-state index in [0.29, 0.717) is 6.61 Å². The molecule has 0 radical (unpaired) electrons. The Bertz CT molecular complexity index is 547. The molecule has 1 aromatic rings. The third kappa shape index (κ3) is 2.23. The topological polar surface area (TPSA) is 22.1 Å². The van der Waals surface area contributed by atoms with Gasteiger partial charge in [-0.3, -0.25) is 4.98 Å². The highest BCUT2D eigenvalue weighted by Crippen LogP contribution is 2.32. The van der Waals surface area contributed by atoms with Crippen molar-refractivity contribution < 1.29 is 4.74 Å². The van der Waals surface area contributed by atoms with Gasteiger partial charge in [-0.15, -0.1) is 0 Å². The lowest BCUT2D eigenvalue weighted by Gasteiger charge is -2.22. The zero-order valence-corrected chi connectivity index (χ0v) is 11.5. The maximum atomic E-state index is 5.68. The van der Waals surface area contributed by atoms with Gasteiger partial charge in [-0.25, -0.2) is 0 Å². The number of allylic oxidation sites excluding steroid dienone is 4. The molecule has 0 saturated heterocycles. The summed E-state index contributed by atoms with van der Waals surface area (Å²) in [6, 6.07) is 4.09. The van der Waals surface area contributed by atoms with E-state index in [2.05, 4.69) is 31.5 Å². The van der Waals surface area contributed by atoms with Crippen LogP contribution in [0.3, 0.4) is 0 Å². The van der Waals surface area contributed by atoms with E-state index in [1.807, 2.05) is 26.1 Å². The van der Waals surface area contributed by atoms with Gasteiger partial charge in [0, 0.05) is 17.3 Å². The summed E-state index contributed by atoms with van der Waals surface area (Å²) < 4.78 is 5.68. The quantitative estimate of drug-likeness (QED) is 0.773. The molecule has 1 aromatic heterocycles. The van der Waals surface area contributed by atoms with Gasteiger partial charge in [0.05, 0.1) is 5.69 Å². The van der Waals surface area contributed by atoms with Crippen LogP contribution in [0.15, 0.2) is 41.8 Å². The Kier molecular flexibility index (Phi) is 3.37. The molecule has 0 spiro atoms. The van der Waals surface area contributed by atoms with Crippen molar-refractivity contribution >= 4 is 11.1 Å². The summed E-state index contributed by atoms with van der Waals surface area (Å²) >= 11 is 0. The molecular weight excluding hydrogens is 222 g/mol. The summed E-state index contributed by atoms with van der Waals surface area (Å²) in [5.74, 6) is 0.975. The molecule has 0 unspecified atom stereocenters. The minimum Gasteiger partial charge on any atom is -0.493 e. The summed E-state index contributed by atoms with van der Waals surface area (Å²) in [6.07, 6.45) is 1.90. The molecule has 1 aliphatic rings. The average molecular weight is 241 g/mol. The lowest BCUT2D eigenvalue weighted by molar-refractivity contribution is 0.238. The van der Waals surface area contributed by atoms with Gasteiger partial charge in [0.2, 0.25) is 0 Å². The van der Waals surface area contributed by atoms with E-state index in [0.717, 1.165) is 22.6 Å². The van der Waals surface area contributed by atoms with Crippen molar-refractivity contribution in [2.24, 2.45) is 0 Å². The molecule has 0 saturated carbocycles. The number of pyridine rings is 1. The zero-order valence-electron chi connectivity index (χ0n) is 11.5. The fraction of sp³-hybridized carbons (Fsp3) is 0.312. The molecule has 0 bridgehead atoms. The van der Waals surface area contributed by atoms with Gasteiger partial charge < -0.3 is 4.74 Å². The normalized spacial score (nSPS) is 15.8. The van der Waals surface area contributed by atoms with Crippen LogP contribution in [0.1, 0.15) is 39.0 Å². The first-order chi connectivity index (χ1) is 8.50. The second-order valence-electron chi connectivity index (χ2n) is 4.84. The number of hydrogen-bond acceptors (Lipinski definition) is 2. The van der Waals surface area contributed by atoms with Gasteiger partial charge in [0.15, 0.2) is 0 Å². The van der Waals surface area contributed by atoms with Crippen molar-refractivity contribution in [1.29, 1.82) is 0 Å². The Balaban J connectivity index is 2.45. The molecule has 2 nitrogen and oxygen atoms in total. The van der Waals surface area contributed by atoms with E-state index in [4.69, 9.17) is 4.74 Å². The van der Waals surface area contributed by atoms with Crippen LogP contribution in [0.4, 0.5) is 0 Å². The zero-order chi connectivity index (χ0) is 13.3. The highest BCUT2D eigenvalue weighted by atomic mass is 16.5. The van der Waals surface area contributed by atoms with Gasteiger partial charge in [-0.1, -0.05) is 12.6 Å².